The van der Waals surface area contributed by atoms with Gasteiger partial charge < -0.3 is 18.9 Å². The number of benzene rings is 1. The van der Waals surface area contributed by atoms with E-state index >= 15 is 0 Å². The van der Waals surface area contributed by atoms with Crippen molar-refractivity contribution in [2.24, 2.45) is 4.99 Å². The highest BCUT2D eigenvalue weighted by Crippen LogP contribution is 2.23. The van der Waals surface area contributed by atoms with E-state index < -0.39 is 33.2 Å². The summed E-state index contributed by atoms with van der Waals surface area (Å²) in [6, 6.07) is 5.61. The molecule has 188 valence electrons. The second-order valence-electron chi connectivity index (χ2n) is 8.13. The Bertz CT molecular complexity index is 1160. The summed E-state index contributed by atoms with van der Waals surface area (Å²) in [6.45, 7) is 6.93. The Labute approximate surface area is 204 Å². The van der Waals surface area contributed by atoms with Gasteiger partial charge in [0.1, 0.15) is 17.3 Å². The predicted octanol–water partition coefficient (Wildman–Crippen LogP) is 2.38. The number of fused-ring (bicyclic) bond motifs is 1. The van der Waals surface area contributed by atoms with Gasteiger partial charge in [0.25, 0.3) is 5.91 Å². The summed E-state index contributed by atoms with van der Waals surface area (Å²) in [7, 11) is -3.92. The lowest BCUT2D eigenvalue weighted by Crippen LogP contribution is -2.37. The number of aromatic nitrogens is 1. The summed E-state index contributed by atoms with van der Waals surface area (Å²) in [5.74, 6) is -1.97. The van der Waals surface area contributed by atoms with E-state index in [4.69, 9.17) is 9.47 Å². The molecule has 0 N–H and O–H groups in total. The van der Waals surface area contributed by atoms with E-state index in [0.717, 1.165) is 35.9 Å². The van der Waals surface area contributed by atoms with E-state index in [1.165, 1.54) is 11.3 Å². The largest absolute Gasteiger partial charge is 0.494 e. The van der Waals surface area contributed by atoms with Crippen LogP contribution in [0.15, 0.2) is 23.2 Å². The number of carbonyl (C=O) groups excluding carboxylic acids is 2. The maximum Gasteiger partial charge on any atom is 0.263 e. The Balaban J connectivity index is 1.79. The molecule has 2 aromatic rings. The molecule has 2 amide bonds. The minimum absolute atomic E-state index is 0.391. The second-order valence-corrected chi connectivity index (χ2v) is 11.2. The van der Waals surface area contributed by atoms with Crippen LogP contribution in [0.4, 0.5) is 0 Å². The number of sulfone groups is 1. The molecule has 1 aliphatic rings. The highest BCUT2D eigenvalue weighted by Gasteiger charge is 2.25. The zero-order chi connectivity index (χ0) is 24.6. The first-order valence-corrected chi connectivity index (χ1v) is 14.4. The summed E-state index contributed by atoms with van der Waals surface area (Å²) >= 11 is 1.29. The molecule has 1 aliphatic heterocycles. The fraction of sp³-hybridized carbons (Fsp3) is 0.609. The summed E-state index contributed by atoms with van der Waals surface area (Å²) in [4.78, 5) is 31.2. The van der Waals surface area contributed by atoms with Gasteiger partial charge in [-0.25, -0.2) is 8.42 Å². The van der Waals surface area contributed by atoms with Crippen LogP contribution in [0.1, 0.15) is 39.5 Å². The Kier molecular flexibility index (Phi) is 9.66. The minimum atomic E-state index is -3.92. The fourth-order valence-electron chi connectivity index (χ4n) is 3.89. The normalized spacial score (nSPS) is 15.5. The van der Waals surface area contributed by atoms with Gasteiger partial charge in [0.15, 0.2) is 14.6 Å². The van der Waals surface area contributed by atoms with Gasteiger partial charge in [0.2, 0.25) is 5.91 Å². The summed E-state index contributed by atoms with van der Waals surface area (Å²) in [5, 5.41) is 0. The van der Waals surface area contributed by atoms with Gasteiger partial charge in [-0.15, -0.1) is 0 Å². The number of likely N-dealkylation sites (tertiary alicyclic amines) is 1. The van der Waals surface area contributed by atoms with E-state index in [1.54, 1.807) is 4.90 Å². The molecular weight excluding hydrogens is 478 g/mol. The van der Waals surface area contributed by atoms with Gasteiger partial charge in [0, 0.05) is 26.2 Å². The topological polar surface area (TPSA) is 107 Å². The molecule has 0 aliphatic carbocycles. The first-order valence-electron chi connectivity index (χ1n) is 11.7. The molecule has 1 aromatic heterocycles. The van der Waals surface area contributed by atoms with E-state index in [1.807, 2.05) is 36.6 Å². The van der Waals surface area contributed by atoms with Gasteiger partial charge >= 0.3 is 0 Å². The molecule has 9 nitrogen and oxygen atoms in total. The monoisotopic (exact) mass is 511 g/mol. The maximum atomic E-state index is 12.6. The molecule has 34 heavy (non-hydrogen) atoms. The fourth-order valence-corrected chi connectivity index (χ4v) is 6.09. The third-order valence-corrected chi connectivity index (χ3v) is 7.91. The summed E-state index contributed by atoms with van der Waals surface area (Å²) < 4.78 is 38.9. The Hall–Kier alpha value is -2.24. The van der Waals surface area contributed by atoms with Crippen LogP contribution in [0.3, 0.4) is 0 Å². The number of amides is 2. The van der Waals surface area contributed by atoms with Crippen molar-refractivity contribution >= 4 is 43.2 Å². The summed E-state index contributed by atoms with van der Waals surface area (Å²) in [6.07, 6.45) is 3.83. The molecule has 0 unspecified atom stereocenters. The van der Waals surface area contributed by atoms with Gasteiger partial charge in [-0.05, 0) is 44.9 Å². The molecule has 0 bridgehead atoms. The van der Waals surface area contributed by atoms with Crippen LogP contribution >= 0.6 is 11.3 Å². The number of nitrogens with zero attached hydrogens (tertiary/aromatic N) is 3. The first-order chi connectivity index (χ1) is 16.3. The number of rotatable bonds is 10. The lowest BCUT2D eigenvalue weighted by Gasteiger charge is -2.19. The van der Waals surface area contributed by atoms with Crippen molar-refractivity contribution in [1.82, 2.24) is 9.47 Å². The lowest BCUT2D eigenvalue weighted by atomic mass is 10.2. The molecule has 11 heteroatoms. The minimum Gasteiger partial charge on any atom is -0.494 e. The lowest BCUT2D eigenvalue weighted by molar-refractivity contribution is -0.128. The third kappa shape index (κ3) is 7.38. The van der Waals surface area contributed by atoms with Crippen molar-refractivity contribution in [3.63, 3.8) is 0 Å². The van der Waals surface area contributed by atoms with E-state index in [-0.39, 0.29) is 0 Å². The maximum absolute atomic E-state index is 12.6. The zero-order valence-corrected chi connectivity index (χ0v) is 21.5. The Morgan fingerprint density at radius 1 is 1.06 bits per heavy atom. The van der Waals surface area contributed by atoms with Crippen LogP contribution in [0.25, 0.3) is 10.2 Å². The molecule has 1 fully saturated rings. The highest BCUT2D eigenvalue weighted by molar-refractivity contribution is 7.92. The summed E-state index contributed by atoms with van der Waals surface area (Å²) in [5.41, 5.74) is 0.860. The van der Waals surface area contributed by atoms with Gasteiger partial charge in [0.05, 0.1) is 23.4 Å². The number of thiazole rings is 1. The average Bonchev–Trinajstić information content (AvgIpc) is 2.93. The van der Waals surface area contributed by atoms with Crippen molar-refractivity contribution in [2.45, 2.75) is 46.1 Å². The van der Waals surface area contributed by atoms with E-state index in [2.05, 4.69) is 4.99 Å². The second kappa shape index (κ2) is 12.5. The molecule has 2 heterocycles. The Morgan fingerprint density at radius 2 is 1.79 bits per heavy atom. The van der Waals surface area contributed by atoms with Crippen molar-refractivity contribution in [1.29, 1.82) is 0 Å². The van der Waals surface area contributed by atoms with Gasteiger partial charge in [-0.3, -0.25) is 9.59 Å². The van der Waals surface area contributed by atoms with Crippen molar-refractivity contribution in [3.05, 3.63) is 23.0 Å². The number of ether oxygens (including phenoxy) is 2. The number of hydrogen-bond donors (Lipinski definition) is 0. The molecule has 0 spiro atoms. The van der Waals surface area contributed by atoms with Crippen LogP contribution < -0.4 is 9.54 Å². The van der Waals surface area contributed by atoms with Crippen molar-refractivity contribution in [2.75, 3.05) is 44.4 Å². The molecule has 0 radical (unpaired) electrons. The SMILES string of the molecule is CCOCCn1c(=NC(=O)CS(=O)(=O)CC(=O)N2CCCCCC2)sc2cc(OCC)ccc21. The van der Waals surface area contributed by atoms with Gasteiger partial charge in [-0.2, -0.15) is 4.99 Å². The van der Waals surface area contributed by atoms with Crippen LogP contribution in [-0.4, -0.2) is 74.1 Å². The number of hydrogen-bond acceptors (Lipinski definition) is 7. The van der Waals surface area contributed by atoms with Crippen LogP contribution in [0, 0.1) is 0 Å². The average molecular weight is 512 g/mol. The quantitative estimate of drug-likeness (QED) is 0.454. The van der Waals surface area contributed by atoms with Crippen molar-refractivity contribution < 1.29 is 27.5 Å². The molecule has 1 saturated heterocycles. The smallest absolute Gasteiger partial charge is 0.263 e. The standard InChI is InChI=1S/C23H33N3O6S2/c1-3-31-14-13-26-19-10-9-18(32-4-2)15-20(19)33-23(26)24-21(27)16-34(29,30)17-22(28)25-11-7-5-6-8-12-25/h9-10,15H,3-8,11-14,16-17H2,1-2H3. The highest BCUT2D eigenvalue weighted by atomic mass is 32.2. The zero-order valence-electron chi connectivity index (χ0n) is 19.8. The molecule has 0 atom stereocenters. The van der Waals surface area contributed by atoms with Crippen LogP contribution in [0.2, 0.25) is 0 Å². The third-order valence-electron chi connectivity index (χ3n) is 5.49. The van der Waals surface area contributed by atoms with Crippen LogP contribution in [-0.2, 0) is 30.7 Å². The first kappa shape index (κ1) is 26.4. The van der Waals surface area contributed by atoms with E-state index in [0.29, 0.717) is 50.0 Å². The van der Waals surface area contributed by atoms with Crippen molar-refractivity contribution in [3.8, 4) is 5.75 Å². The molecular formula is C23H33N3O6S2. The molecule has 1 aromatic carbocycles. The molecule has 0 saturated carbocycles. The number of carbonyl (C=O) groups is 2. The predicted molar refractivity (Wildman–Crippen MR) is 132 cm³/mol. The Morgan fingerprint density at radius 3 is 2.47 bits per heavy atom. The molecule has 3 rings (SSSR count). The van der Waals surface area contributed by atoms with Gasteiger partial charge in [-0.1, -0.05) is 24.2 Å². The van der Waals surface area contributed by atoms with Crippen LogP contribution in [0.5, 0.6) is 5.75 Å². The van der Waals surface area contributed by atoms with E-state index in [9.17, 15) is 18.0 Å².